The predicted octanol–water partition coefficient (Wildman–Crippen LogP) is 1.39. The number of aliphatic hydroxyl groups is 1. The van der Waals surface area contributed by atoms with Gasteiger partial charge in [-0.05, 0) is 17.7 Å². The molecule has 0 spiro atoms. The topological polar surface area (TPSA) is 58.6 Å². The summed E-state index contributed by atoms with van der Waals surface area (Å²) in [5.41, 5.74) is 0.478. The Morgan fingerprint density at radius 2 is 2.24 bits per heavy atom. The van der Waals surface area contributed by atoms with Crippen molar-refractivity contribution in [3.63, 3.8) is 0 Å². The number of methoxy groups -OCH3 is 1. The maximum Gasteiger partial charge on any atom is 0.220 e. The molecule has 0 bridgehead atoms. The molecule has 1 aromatic rings. The second kappa shape index (κ2) is 6.20. The van der Waals surface area contributed by atoms with Gasteiger partial charge in [-0.1, -0.05) is 6.92 Å². The van der Waals surface area contributed by atoms with E-state index in [2.05, 4.69) is 5.32 Å². The molecular formula is C12H16FNO3. The number of carbonyl (C=O) groups excluding carboxylic acids is 1. The van der Waals surface area contributed by atoms with Crippen LogP contribution in [0.1, 0.15) is 24.9 Å². The highest BCUT2D eigenvalue weighted by Gasteiger charge is 2.14. The van der Waals surface area contributed by atoms with Gasteiger partial charge in [0, 0.05) is 12.5 Å². The Kier molecular flexibility index (Phi) is 4.90. The van der Waals surface area contributed by atoms with Gasteiger partial charge in [-0.15, -0.1) is 0 Å². The zero-order valence-electron chi connectivity index (χ0n) is 9.87. The minimum Gasteiger partial charge on any atom is -0.497 e. The largest absolute Gasteiger partial charge is 0.497 e. The van der Waals surface area contributed by atoms with Gasteiger partial charge in [0.15, 0.2) is 0 Å². The number of halogens is 1. The first kappa shape index (κ1) is 13.4. The van der Waals surface area contributed by atoms with Crippen LogP contribution >= 0.6 is 0 Å². The van der Waals surface area contributed by atoms with Gasteiger partial charge in [-0.2, -0.15) is 0 Å². The van der Waals surface area contributed by atoms with Crippen LogP contribution in [0, 0.1) is 5.82 Å². The smallest absolute Gasteiger partial charge is 0.220 e. The van der Waals surface area contributed by atoms with E-state index in [1.54, 1.807) is 13.0 Å². The third kappa shape index (κ3) is 3.71. The molecule has 1 atom stereocenters. The Balaban J connectivity index is 2.94. The maximum absolute atomic E-state index is 13.3. The summed E-state index contributed by atoms with van der Waals surface area (Å²) in [6, 6.07) is 3.46. The van der Waals surface area contributed by atoms with Crippen LogP contribution in [0.4, 0.5) is 4.39 Å². The highest BCUT2D eigenvalue weighted by molar-refractivity contribution is 5.76. The molecule has 1 amide bonds. The van der Waals surface area contributed by atoms with E-state index in [9.17, 15) is 14.3 Å². The molecule has 0 aliphatic rings. The highest BCUT2D eigenvalue weighted by atomic mass is 19.1. The van der Waals surface area contributed by atoms with E-state index in [0.29, 0.717) is 17.7 Å². The molecule has 1 rings (SSSR count). The molecule has 0 aliphatic heterocycles. The third-order valence-corrected chi connectivity index (χ3v) is 2.37. The van der Waals surface area contributed by atoms with Gasteiger partial charge in [0.1, 0.15) is 11.6 Å². The molecule has 0 saturated heterocycles. The van der Waals surface area contributed by atoms with Gasteiger partial charge < -0.3 is 15.2 Å². The first-order valence-electron chi connectivity index (χ1n) is 5.35. The van der Waals surface area contributed by atoms with E-state index in [1.807, 2.05) is 0 Å². The zero-order chi connectivity index (χ0) is 12.8. The molecule has 94 valence electrons. The molecule has 0 heterocycles. The minimum absolute atomic E-state index is 0.202. The monoisotopic (exact) mass is 241 g/mol. The fourth-order valence-corrected chi connectivity index (χ4v) is 1.43. The Bertz CT molecular complexity index is 395. The second-order valence-electron chi connectivity index (χ2n) is 3.58. The molecule has 0 aromatic heterocycles. The number of nitrogens with one attached hydrogen (secondary N) is 1. The van der Waals surface area contributed by atoms with Crippen LogP contribution in [0.25, 0.3) is 0 Å². The summed E-state index contributed by atoms with van der Waals surface area (Å²) >= 11 is 0. The Labute approximate surface area is 99.4 Å². The quantitative estimate of drug-likeness (QED) is 0.819. The van der Waals surface area contributed by atoms with Crippen LogP contribution in [-0.2, 0) is 4.79 Å². The molecule has 0 saturated carbocycles. The fraction of sp³-hybridized carbons (Fsp3) is 0.417. The van der Waals surface area contributed by atoms with E-state index >= 15 is 0 Å². The van der Waals surface area contributed by atoms with Gasteiger partial charge >= 0.3 is 0 Å². The predicted molar refractivity (Wildman–Crippen MR) is 61.2 cm³/mol. The van der Waals surface area contributed by atoms with Crippen molar-refractivity contribution < 1.29 is 19.0 Å². The van der Waals surface area contributed by atoms with Crippen molar-refractivity contribution in [2.45, 2.75) is 19.4 Å². The Morgan fingerprint density at radius 1 is 1.53 bits per heavy atom. The van der Waals surface area contributed by atoms with Crippen LogP contribution in [0.2, 0.25) is 0 Å². The molecule has 1 aromatic carbocycles. The molecule has 0 aliphatic carbocycles. The first-order chi connectivity index (χ1) is 8.10. The van der Waals surface area contributed by atoms with Crippen molar-refractivity contribution in [2.75, 3.05) is 13.7 Å². The number of hydrogen-bond donors (Lipinski definition) is 2. The number of ether oxygens (including phenoxy) is 1. The zero-order valence-corrected chi connectivity index (χ0v) is 9.87. The number of rotatable bonds is 5. The maximum atomic E-state index is 13.3. The molecule has 2 N–H and O–H groups in total. The normalized spacial score (nSPS) is 12.0. The lowest BCUT2D eigenvalue weighted by Crippen LogP contribution is -2.30. The van der Waals surface area contributed by atoms with E-state index in [1.165, 1.54) is 19.2 Å². The molecule has 0 radical (unpaired) electrons. The van der Waals surface area contributed by atoms with Gasteiger partial charge in [-0.3, -0.25) is 4.79 Å². The summed E-state index contributed by atoms with van der Waals surface area (Å²) in [7, 11) is 1.43. The van der Waals surface area contributed by atoms with E-state index in [4.69, 9.17) is 4.74 Å². The Morgan fingerprint density at radius 3 is 2.76 bits per heavy atom. The average molecular weight is 241 g/mol. The van der Waals surface area contributed by atoms with Crippen LogP contribution in [0.3, 0.4) is 0 Å². The minimum atomic E-state index is -0.618. The summed E-state index contributed by atoms with van der Waals surface area (Å²) in [5.74, 6) is -0.319. The van der Waals surface area contributed by atoms with Gasteiger partial charge in [0.25, 0.3) is 0 Å². The lowest BCUT2D eigenvalue weighted by atomic mass is 10.1. The van der Waals surface area contributed by atoms with Crippen LogP contribution in [0.15, 0.2) is 18.2 Å². The second-order valence-corrected chi connectivity index (χ2v) is 3.58. The number of carbonyl (C=O) groups is 1. The number of hydrogen-bond acceptors (Lipinski definition) is 3. The standard InChI is InChI=1S/C12H16FNO3/c1-3-12(16)14-11(7-15)8-4-9(13)6-10(5-8)17-2/h4-6,11,15H,3,7H2,1-2H3,(H,14,16)/t11-/m1/s1. The molecule has 5 heteroatoms. The van der Waals surface area contributed by atoms with E-state index < -0.39 is 11.9 Å². The van der Waals surface area contributed by atoms with Crippen LogP contribution in [0.5, 0.6) is 5.75 Å². The summed E-state index contributed by atoms with van der Waals surface area (Å²) in [5, 5.41) is 11.8. The van der Waals surface area contributed by atoms with Crippen molar-refractivity contribution in [3.8, 4) is 5.75 Å². The van der Waals surface area contributed by atoms with Gasteiger partial charge in [0.2, 0.25) is 5.91 Å². The lowest BCUT2D eigenvalue weighted by Gasteiger charge is -2.17. The van der Waals surface area contributed by atoms with Crippen molar-refractivity contribution in [1.29, 1.82) is 0 Å². The number of amides is 1. The van der Waals surface area contributed by atoms with Gasteiger partial charge in [-0.25, -0.2) is 4.39 Å². The fourth-order valence-electron chi connectivity index (χ4n) is 1.43. The first-order valence-corrected chi connectivity index (χ1v) is 5.35. The Hall–Kier alpha value is -1.62. The average Bonchev–Trinajstić information content (AvgIpc) is 2.34. The molecular weight excluding hydrogens is 225 g/mol. The summed E-state index contributed by atoms with van der Waals surface area (Å²) in [4.78, 5) is 11.2. The van der Waals surface area contributed by atoms with Crippen molar-refractivity contribution >= 4 is 5.91 Å². The van der Waals surface area contributed by atoms with Crippen LogP contribution < -0.4 is 10.1 Å². The third-order valence-electron chi connectivity index (χ3n) is 2.37. The number of benzene rings is 1. The highest BCUT2D eigenvalue weighted by Crippen LogP contribution is 2.21. The van der Waals surface area contributed by atoms with Crippen molar-refractivity contribution in [2.24, 2.45) is 0 Å². The molecule has 17 heavy (non-hydrogen) atoms. The summed E-state index contributed by atoms with van der Waals surface area (Å²) in [6.07, 6.45) is 0.308. The lowest BCUT2D eigenvalue weighted by molar-refractivity contribution is -0.121. The van der Waals surface area contributed by atoms with Crippen molar-refractivity contribution in [1.82, 2.24) is 5.32 Å². The summed E-state index contributed by atoms with van der Waals surface area (Å²) < 4.78 is 18.2. The SMILES string of the molecule is CCC(=O)N[C@H](CO)c1cc(F)cc(OC)c1. The van der Waals surface area contributed by atoms with Crippen molar-refractivity contribution in [3.05, 3.63) is 29.6 Å². The molecule has 4 nitrogen and oxygen atoms in total. The van der Waals surface area contributed by atoms with Crippen LogP contribution in [-0.4, -0.2) is 24.7 Å². The molecule has 0 unspecified atom stereocenters. The van der Waals surface area contributed by atoms with E-state index in [-0.39, 0.29) is 12.5 Å². The molecule has 0 fully saturated rings. The van der Waals surface area contributed by atoms with E-state index in [0.717, 1.165) is 0 Å². The van der Waals surface area contributed by atoms with Gasteiger partial charge in [0.05, 0.1) is 19.8 Å². The number of aliphatic hydroxyl groups excluding tert-OH is 1. The summed E-state index contributed by atoms with van der Waals surface area (Å²) in [6.45, 7) is 1.41.